The van der Waals surface area contributed by atoms with E-state index in [4.69, 9.17) is 0 Å². The first kappa shape index (κ1) is 33.3. The number of thiophene rings is 1. The van der Waals surface area contributed by atoms with Crippen molar-refractivity contribution in [3.05, 3.63) is 132 Å². The molecule has 0 amide bonds. The minimum Gasteiger partial charge on any atom is -0.305 e. The fraction of sp³-hybridized carbons (Fsp3) is 0.211. The molecule has 3 heterocycles. The van der Waals surface area contributed by atoms with E-state index in [-0.39, 0.29) is 30.9 Å². The SMILES string of the molecule is CC(C)(C)c1c[c-]c(-c2ccccn2)cc1.CC(C)(C)c1c[c-]c(-c2nccc3sc(-c4ccc(F)cc4F)cc23)cc1.[Ir]. The van der Waals surface area contributed by atoms with Gasteiger partial charge in [-0.2, -0.15) is 0 Å². The monoisotopic (exact) mass is 781 g/mol. The van der Waals surface area contributed by atoms with Crippen molar-refractivity contribution < 1.29 is 28.9 Å². The third-order valence-corrected chi connectivity index (χ3v) is 8.33. The van der Waals surface area contributed by atoms with Crippen molar-refractivity contribution in [1.29, 1.82) is 0 Å². The molecule has 0 aliphatic rings. The average molecular weight is 781 g/mol. The third-order valence-electron chi connectivity index (χ3n) is 7.20. The summed E-state index contributed by atoms with van der Waals surface area (Å²) in [5.74, 6) is -1.13. The number of rotatable bonds is 3. The maximum absolute atomic E-state index is 14.2. The molecule has 0 unspecified atom stereocenters. The van der Waals surface area contributed by atoms with Crippen molar-refractivity contribution in [3.8, 4) is 33.0 Å². The summed E-state index contributed by atoms with van der Waals surface area (Å²) >= 11 is 1.47. The Morgan fingerprint density at radius 2 is 1.34 bits per heavy atom. The number of pyridine rings is 2. The van der Waals surface area contributed by atoms with Crippen molar-refractivity contribution in [2.24, 2.45) is 0 Å². The largest absolute Gasteiger partial charge is 0.305 e. The number of halogens is 2. The van der Waals surface area contributed by atoms with Crippen LogP contribution in [0.5, 0.6) is 0 Å². The second-order valence-corrected chi connectivity index (χ2v) is 13.6. The van der Waals surface area contributed by atoms with Crippen LogP contribution >= 0.6 is 11.3 Å². The van der Waals surface area contributed by atoms with E-state index in [1.807, 2.05) is 42.5 Å². The van der Waals surface area contributed by atoms with E-state index in [2.05, 4.69) is 87.9 Å². The first-order chi connectivity index (χ1) is 20.4. The van der Waals surface area contributed by atoms with Crippen LogP contribution in [0.4, 0.5) is 8.78 Å². The van der Waals surface area contributed by atoms with Gasteiger partial charge in [-0.25, -0.2) is 8.78 Å². The molecule has 0 aliphatic carbocycles. The van der Waals surface area contributed by atoms with Crippen LogP contribution < -0.4 is 0 Å². The first-order valence-corrected chi connectivity index (χ1v) is 15.0. The molecular weight excluding hydrogens is 747 g/mol. The molecule has 0 bridgehead atoms. The van der Waals surface area contributed by atoms with Gasteiger partial charge in [0.05, 0.1) is 0 Å². The molecule has 0 spiro atoms. The molecule has 0 atom stereocenters. The number of fused-ring (bicyclic) bond motifs is 1. The van der Waals surface area contributed by atoms with E-state index in [0.717, 1.165) is 43.5 Å². The molecule has 1 radical (unpaired) electrons. The molecule has 227 valence electrons. The van der Waals surface area contributed by atoms with Crippen LogP contribution in [0, 0.1) is 23.8 Å². The summed E-state index contributed by atoms with van der Waals surface area (Å²) in [5, 5.41) is 0.945. The van der Waals surface area contributed by atoms with Crippen molar-refractivity contribution in [2.45, 2.75) is 52.4 Å². The molecule has 0 saturated heterocycles. The molecule has 6 rings (SSSR count). The summed E-state index contributed by atoms with van der Waals surface area (Å²) in [4.78, 5) is 9.60. The Labute approximate surface area is 276 Å². The van der Waals surface area contributed by atoms with Crippen molar-refractivity contribution in [1.82, 2.24) is 9.97 Å². The van der Waals surface area contributed by atoms with Crippen molar-refractivity contribution in [2.75, 3.05) is 0 Å². The van der Waals surface area contributed by atoms with E-state index in [0.29, 0.717) is 5.56 Å². The summed E-state index contributed by atoms with van der Waals surface area (Å²) in [6, 6.07) is 32.5. The quantitative estimate of drug-likeness (QED) is 0.167. The summed E-state index contributed by atoms with van der Waals surface area (Å²) in [5.41, 5.74) is 6.89. The second kappa shape index (κ2) is 13.6. The van der Waals surface area contributed by atoms with E-state index >= 15 is 0 Å². The van der Waals surface area contributed by atoms with Gasteiger partial charge in [-0.1, -0.05) is 53.7 Å². The van der Waals surface area contributed by atoms with Crippen LogP contribution in [-0.2, 0) is 30.9 Å². The molecule has 0 fully saturated rings. The predicted octanol–water partition coefficient (Wildman–Crippen LogP) is 10.8. The standard InChI is InChI=1S/C23H18F2NS.C15H16N.Ir/c1-23(2,3)15-6-4-14(5-7-15)22-18-13-21(27-20(18)10-11-26-22)17-9-8-16(24)12-19(17)25;1-15(2,3)13-9-7-12(8-10-13)14-6-4-5-11-16-14;/h4,6-13H,1-3H3;4-7,9-11H,1-3H3;/q2*-1;. The summed E-state index contributed by atoms with van der Waals surface area (Å²) < 4.78 is 28.4. The normalized spacial score (nSPS) is 11.5. The van der Waals surface area contributed by atoms with E-state index in [1.165, 1.54) is 34.6 Å². The molecule has 0 saturated carbocycles. The summed E-state index contributed by atoms with van der Waals surface area (Å²) in [6.45, 7) is 13.1. The molecular formula is C38H34F2IrN2S-2. The minimum absolute atomic E-state index is 0. The molecule has 6 heteroatoms. The average Bonchev–Trinajstić information content (AvgIpc) is 3.41. The Morgan fingerprint density at radius 3 is 1.89 bits per heavy atom. The summed E-state index contributed by atoms with van der Waals surface area (Å²) in [7, 11) is 0. The van der Waals surface area contributed by atoms with Crippen LogP contribution in [-0.4, -0.2) is 9.97 Å². The molecule has 3 aromatic carbocycles. The topological polar surface area (TPSA) is 25.8 Å². The smallest absolute Gasteiger partial charge is 0.134 e. The Bertz CT molecular complexity index is 1830. The fourth-order valence-electron chi connectivity index (χ4n) is 4.61. The number of nitrogens with zero attached hydrogens (tertiary/aromatic N) is 2. The Kier molecular flexibility index (Phi) is 10.3. The van der Waals surface area contributed by atoms with Crippen LogP contribution in [0.1, 0.15) is 52.7 Å². The first-order valence-electron chi connectivity index (χ1n) is 14.2. The molecule has 44 heavy (non-hydrogen) atoms. The van der Waals surface area contributed by atoms with Gasteiger partial charge >= 0.3 is 0 Å². The minimum atomic E-state index is -0.576. The zero-order chi connectivity index (χ0) is 30.8. The van der Waals surface area contributed by atoms with Gasteiger partial charge in [0, 0.05) is 53.7 Å². The number of benzene rings is 3. The van der Waals surface area contributed by atoms with Gasteiger partial charge in [0.25, 0.3) is 0 Å². The maximum atomic E-state index is 14.2. The van der Waals surface area contributed by atoms with Crippen LogP contribution in [0.3, 0.4) is 0 Å². The fourth-order valence-corrected chi connectivity index (χ4v) is 5.69. The van der Waals surface area contributed by atoms with Gasteiger partial charge in [-0.05, 0) is 57.9 Å². The van der Waals surface area contributed by atoms with Crippen LogP contribution in [0.2, 0.25) is 0 Å². The number of hydrogen-bond acceptors (Lipinski definition) is 3. The van der Waals surface area contributed by atoms with Gasteiger partial charge < -0.3 is 9.97 Å². The number of hydrogen-bond donors (Lipinski definition) is 0. The predicted molar refractivity (Wildman–Crippen MR) is 175 cm³/mol. The second-order valence-electron chi connectivity index (χ2n) is 12.5. The van der Waals surface area contributed by atoms with Crippen molar-refractivity contribution >= 4 is 21.4 Å². The zero-order valence-electron chi connectivity index (χ0n) is 25.6. The van der Waals surface area contributed by atoms with Crippen molar-refractivity contribution in [3.63, 3.8) is 0 Å². The van der Waals surface area contributed by atoms with E-state index < -0.39 is 11.6 Å². The summed E-state index contributed by atoms with van der Waals surface area (Å²) in [6.07, 6.45) is 3.56. The molecule has 0 aliphatic heterocycles. The zero-order valence-corrected chi connectivity index (χ0v) is 28.8. The Balaban J connectivity index is 0.000000223. The molecule has 6 aromatic rings. The van der Waals surface area contributed by atoms with E-state index in [9.17, 15) is 8.78 Å². The van der Waals surface area contributed by atoms with Gasteiger partial charge in [-0.3, -0.25) is 0 Å². The Hall–Kier alpha value is -3.57. The molecule has 0 N–H and O–H groups in total. The van der Waals surface area contributed by atoms with Gasteiger partial charge in [0.2, 0.25) is 0 Å². The van der Waals surface area contributed by atoms with Crippen LogP contribution in [0.15, 0.2) is 97.3 Å². The van der Waals surface area contributed by atoms with Gasteiger partial charge in [0.1, 0.15) is 11.6 Å². The van der Waals surface area contributed by atoms with Crippen LogP contribution in [0.25, 0.3) is 43.0 Å². The van der Waals surface area contributed by atoms with Gasteiger partial charge in [-0.15, -0.1) is 82.1 Å². The third kappa shape index (κ3) is 7.73. The molecule has 3 aromatic heterocycles. The van der Waals surface area contributed by atoms with E-state index in [1.54, 1.807) is 12.4 Å². The number of aromatic nitrogens is 2. The molecule has 2 nitrogen and oxygen atoms in total. The van der Waals surface area contributed by atoms with Gasteiger partial charge in [0.15, 0.2) is 0 Å². The Morgan fingerprint density at radius 1 is 0.682 bits per heavy atom. The maximum Gasteiger partial charge on any atom is 0.134 e.